The van der Waals surface area contributed by atoms with Gasteiger partial charge in [0.15, 0.2) is 0 Å². The van der Waals surface area contributed by atoms with Gasteiger partial charge in [-0.1, -0.05) is 10.4 Å². The Morgan fingerprint density at radius 1 is 1.71 bits per heavy atom. The van der Waals surface area contributed by atoms with E-state index in [-0.39, 0.29) is 5.84 Å². The molecule has 1 heterocycles. The largest absolute Gasteiger partial charge is 0.409 e. The lowest BCUT2D eigenvalue weighted by molar-refractivity contribution is 0.256. The van der Waals surface area contributed by atoms with Crippen LogP contribution in [0.5, 0.6) is 0 Å². The molecule has 0 amide bonds. The van der Waals surface area contributed by atoms with Gasteiger partial charge in [0.1, 0.15) is 5.84 Å². The van der Waals surface area contributed by atoms with Gasteiger partial charge in [0.2, 0.25) is 0 Å². The zero-order valence-electron chi connectivity index (χ0n) is 9.95. The Balaban J connectivity index is 1.89. The molecular weight excluding hydrogens is 220 g/mol. The summed E-state index contributed by atoms with van der Waals surface area (Å²) in [7, 11) is 1.86. The Morgan fingerprint density at radius 2 is 2.47 bits per heavy atom. The van der Waals surface area contributed by atoms with Crippen LogP contribution in [0.4, 0.5) is 0 Å². The summed E-state index contributed by atoms with van der Waals surface area (Å²) in [6, 6.07) is 0.614. The van der Waals surface area contributed by atoms with Gasteiger partial charge < -0.3 is 10.9 Å². The third-order valence-electron chi connectivity index (χ3n) is 2.86. The van der Waals surface area contributed by atoms with Crippen LogP contribution in [0.1, 0.15) is 25.0 Å². The summed E-state index contributed by atoms with van der Waals surface area (Å²) in [6.07, 6.45) is 4.93. The Kier molecular flexibility index (Phi) is 3.58. The molecule has 2 rings (SSSR count). The molecule has 7 heteroatoms. The van der Waals surface area contributed by atoms with E-state index in [1.807, 2.05) is 13.2 Å². The second-order valence-corrected chi connectivity index (χ2v) is 4.43. The van der Waals surface area contributed by atoms with Gasteiger partial charge in [0.25, 0.3) is 0 Å². The Hall–Kier alpha value is -1.63. The highest BCUT2D eigenvalue weighted by Crippen LogP contribution is 2.27. The molecular formula is C10H18N6O. The van der Waals surface area contributed by atoms with Crippen LogP contribution in [-0.4, -0.2) is 43.5 Å². The quantitative estimate of drug-likeness (QED) is 0.313. The molecule has 0 atom stereocenters. The molecule has 0 saturated heterocycles. The van der Waals surface area contributed by atoms with Crippen LogP contribution >= 0.6 is 0 Å². The fourth-order valence-electron chi connectivity index (χ4n) is 1.81. The maximum atomic E-state index is 8.51. The van der Waals surface area contributed by atoms with E-state index < -0.39 is 0 Å². The Labute approximate surface area is 99.9 Å². The van der Waals surface area contributed by atoms with Crippen molar-refractivity contribution in [1.29, 1.82) is 0 Å². The highest BCUT2D eigenvalue weighted by Gasteiger charge is 2.29. The first-order chi connectivity index (χ1) is 8.19. The van der Waals surface area contributed by atoms with Gasteiger partial charge in [-0.05, 0) is 12.8 Å². The fraction of sp³-hybridized carbons (Fsp3) is 0.700. The SMILES string of the molecule is Cn1cc(CN(CC/C(N)=N/O)C2CC2)nn1. The molecule has 0 bridgehead atoms. The molecule has 0 unspecified atom stereocenters. The molecule has 1 fully saturated rings. The molecule has 1 aliphatic rings. The third-order valence-corrected chi connectivity index (χ3v) is 2.86. The monoisotopic (exact) mass is 238 g/mol. The van der Waals surface area contributed by atoms with Crippen LogP contribution in [0.2, 0.25) is 0 Å². The zero-order valence-corrected chi connectivity index (χ0v) is 9.95. The topological polar surface area (TPSA) is 92.6 Å². The molecule has 3 N–H and O–H groups in total. The van der Waals surface area contributed by atoms with Gasteiger partial charge in [-0.25, -0.2) is 0 Å². The molecule has 1 aromatic rings. The summed E-state index contributed by atoms with van der Waals surface area (Å²) in [6.45, 7) is 1.56. The molecule has 94 valence electrons. The summed E-state index contributed by atoms with van der Waals surface area (Å²) in [5, 5.41) is 19.5. The predicted molar refractivity (Wildman–Crippen MR) is 62.5 cm³/mol. The second kappa shape index (κ2) is 5.13. The predicted octanol–water partition coefficient (Wildman–Crippen LogP) is -0.0840. The normalized spacial score (nSPS) is 16.7. The second-order valence-electron chi connectivity index (χ2n) is 4.43. The van der Waals surface area contributed by atoms with Gasteiger partial charge in [-0.3, -0.25) is 9.58 Å². The van der Waals surface area contributed by atoms with Gasteiger partial charge in [-0.2, -0.15) is 0 Å². The molecule has 1 aromatic heterocycles. The van der Waals surface area contributed by atoms with Crippen LogP contribution in [0, 0.1) is 0 Å². The number of hydrogen-bond donors (Lipinski definition) is 2. The van der Waals surface area contributed by atoms with Crippen LogP contribution in [0.3, 0.4) is 0 Å². The number of nitrogens with two attached hydrogens (primary N) is 1. The fourth-order valence-corrected chi connectivity index (χ4v) is 1.81. The van der Waals surface area contributed by atoms with Crippen molar-refractivity contribution in [3.05, 3.63) is 11.9 Å². The van der Waals surface area contributed by atoms with E-state index in [9.17, 15) is 0 Å². The maximum absolute atomic E-state index is 8.51. The molecule has 17 heavy (non-hydrogen) atoms. The molecule has 0 spiro atoms. The standard InChI is InChI=1S/C10H18N6O/c1-15-6-8(12-14-15)7-16(9-2-3-9)5-4-10(11)13-17/h6,9,17H,2-5,7H2,1H3,(H2,11,13). The Bertz CT molecular complexity index is 397. The van der Waals surface area contributed by atoms with Crippen molar-refractivity contribution in [1.82, 2.24) is 19.9 Å². The van der Waals surface area contributed by atoms with Crippen LogP contribution < -0.4 is 5.73 Å². The minimum atomic E-state index is 0.273. The molecule has 0 aromatic carbocycles. The van der Waals surface area contributed by atoms with Gasteiger partial charge in [-0.15, -0.1) is 5.10 Å². The van der Waals surface area contributed by atoms with Crippen LogP contribution in [-0.2, 0) is 13.6 Å². The van der Waals surface area contributed by atoms with Crippen LogP contribution in [0.25, 0.3) is 0 Å². The number of aryl methyl sites for hydroxylation is 1. The number of aromatic nitrogens is 3. The highest BCUT2D eigenvalue weighted by atomic mass is 16.4. The highest BCUT2D eigenvalue weighted by molar-refractivity contribution is 5.79. The summed E-state index contributed by atoms with van der Waals surface area (Å²) in [5.74, 6) is 0.273. The lowest BCUT2D eigenvalue weighted by atomic mass is 10.3. The third kappa shape index (κ3) is 3.42. The average Bonchev–Trinajstić information content (AvgIpc) is 3.08. The number of hydrogen-bond acceptors (Lipinski definition) is 5. The van der Waals surface area contributed by atoms with Gasteiger partial charge in [0.05, 0.1) is 5.69 Å². The van der Waals surface area contributed by atoms with Crippen LogP contribution in [0.15, 0.2) is 11.4 Å². The lowest BCUT2D eigenvalue weighted by Crippen LogP contribution is -2.30. The number of nitrogens with zero attached hydrogens (tertiary/aromatic N) is 5. The van der Waals surface area contributed by atoms with Crippen molar-refractivity contribution >= 4 is 5.84 Å². The van der Waals surface area contributed by atoms with Crippen molar-refractivity contribution in [3.63, 3.8) is 0 Å². The summed E-state index contributed by atoms with van der Waals surface area (Å²) in [5.41, 5.74) is 6.44. The first-order valence-corrected chi connectivity index (χ1v) is 5.74. The first-order valence-electron chi connectivity index (χ1n) is 5.74. The van der Waals surface area contributed by atoms with Crippen molar-refractivity contribution in [2.45, 2.75) is 31.8 Å². The molecule has 1 saturated carbocycles. The zero-order chi connectivity index (χ0) is 12.3. The van der Waals surface area contributed by atoms with E-state index in [4.69, 9.17) is 10.9 Å². The maximum Gasteiger partial charge on any atom is 0.140 e. The summed E-state index contributed by atoms with van der Waals surface area (Å²) in [4.78, 5) is 2.31. The van der Waals surface area contributed by atoms with E-state index in [2.05, 4.69) is 20.4 Å². The number of oxime groups is 1. The first kappa shape index (κ1) is 11.8. The van der Waals surface area contributed by atoms with E-state index in [1.54, 1.807) is 4.68 Å². The Morgan fingerprint density at radius 3 is 3.00 bits per heavy atom. The lowest BCUT2D eigenvalue weighted by Gasteiger charge is -2.19. The molecule has 0 aliphatic heterocycles. The number of amidine groups is 1. The molecule has 0 radical (unpaired) electrons. The summed E-state index contributed by atoms with van der Waals surface area (Å²) >= 11 is 0. The average molecular weight is 238 g/mol. The van der Waals surface area contributed by atoms with Crippen molar-refractivity contribution in [3.8, 4) is 0 Å². The minimum absolute atomic E-state index is 0.273. The summed E-state index contributed by atoms with van der Waals surface area (Å²) < 4.78 is 1.70. The van der Waals surface area contributed by atoms with E-state index in [0.29, 0.717) is 12.5 Å². The molecule has 7 nitrogen and oxygen atoms in total. The molecule has 1 aliphatic carbocycles. The van der Waals surface area contributed by atoms with E-state index in [0.717, 1.165) is 18.8 Å². The van der Waals surface area contributed by atoms with Gasteiger partial charge in [0, 0.05) is 38.8 Å². The van der Waals surface area contributed by atoms with Crippen molar-refractivity contribution < 1.29 is 5.21 Å². The van der Waals surface area contributed by atoms with Crippen molar-refractivity contribution in [2.24, 2.45) is 17.9 Å². The van der Waals surface area contributed by atoms with Crippen molar-refractivity contribution in [2.75, 3.05) is 6.54 Å². The van der Waals surface area contributed by atoms with E-state index in [1.165, 1.54) is 12.8 Å². The smallest absolute Gasteiger partial charge is 0.140 e. The van der Waals surface area contributed by atoms with Gasteiger partial charge >= 0.3 is 0 Å². The van der Waals surface area contributed by atoms with E-state index >= 15 is 0 Å². The minimum Gasteiger partial charge on any atom is -0.409 e. The number of rotatable bonds is 6.